The molecule has 0 spiro atoms. The van der Waals surface area contributed by atoms with E-state index in [0.717, 1.165) is 26.2 Å². The third-order valence-electron chi connectivity index (χ3n) is 4.50. The minimum Gasteiger partial charge on any atom is -0.367 e. The third-order valence-corrected chi connectivity index (χ3v) is 5.97. The van der Waals surface area contributed by atoms with Gasteiger partial charge in [-0.05, 0) is 37.6 Å². The van der Waals surface area contributed by atoms with Crippen molar-refractivity contribution in [2.75, 3.05) is 37.0 Å². The van der Waals surface area contributed by atoms with Crippen LogP contribution in [0, 0.1) is 13.8 Å². The van der Waals surface area contributed by atoms with Crippen molar-refractivity contribution >= 4 is 35.0 Å². The first kappa shape index (κ1) is 18.2. The zero-order chi connectivity index (χ0) is 17.8. The highest BCUT2D eigenvalue weighted by Gasteiger charge is 2.22. The van der Waals surface area contributed by atoms with Crippen molar-refractivity contribution in [1.82, 2.24) is 4.90 Å². The number of hydrogen-bond acceptors (Lipinski definition) is 3. The molecule has 3 rings (SSSR count). The number of carbonyl (C=O) groups is 1. The second-order valence-electron chi connectivity index (χ2n) is 6.34. The summed E-state index contributed by atoms with van der Waals surface area (Å²) >= 11 is 7.48. The molecule has 0 saturated carbocycles. The van der Waals surface area contributed by atoms with E-state index in [-0.39, 0.29) is 11.8 Å². The topological polar surface area (TPSA) is 23.6 Å². The average molecular weight is 375 g/mol. The summed E-state index contributed by atoms with van der Waals surface area (Å²) in [7, 11) is 0. The molecule has 0 radical (unpaired) electrons. The summed E-state index contributed by atoms with van der Waals surface area (Å²) in [5, 5.41) is 0. The minimum atomic E-state index is 0.0271. The van der Waals surface area contributed by atoms with E-state index in [0.29, 0.717) is 0 Å². The van der Waals surface area contributed by atoms with Gasteiger partial charge in [-0.1, -0.05) is 41.6 Å². The van der Waals surface area contributed by atoms with Crippen molar-refractivity contribution in [3.8, 4) is 0 Å². The van der Waals surface area contributed by atoms with Crippen molar-refractivity contribution < 1.29 is 4.79 Å². The van der Waals surface area contributed by atoms with Crippen molar-refractivity contribution in [2.24, 2.45) is 0 Å². The van der Waals surface area contributed by atoms with Gasteiger partial charge in [-0.2, -0.15) is 0 Å². The molecule has 0 atom stereocenters. The Morgan fingerprint density at radius 2 is 1.76 bits per heavy atom. The number of carbonyl (C=O) groups excluding carboxylic acids is 1. The highest BCUT2D eigenvalue weighted by atomic mass is 35.5. The Morgan fingerprint density at radius 3 is 2.44 bits per heavy atom. The Hall–Kier alpha value is -1.65. The maximum atomic E-state index is 11.8. The molecule has 0 N–H and O–H groups in total. The highest BCUT2D eigenvalue weighted by Crippen LogP contribution is 2.37. The number of alkyl halides is 1. The van der Waals surface area contributed by atoms with E-state index in [9.17, 15) is 4.79 Å². The molecule has 0 unspecified atom stereocenters. The van der Waals surface area contributed by atoms with Crippen LogP contribution in [0.25, 0.3) is 0 Å². The Morgan fingerprint density at radius 1 is 1.04 bits per heavy atom. The maximum Gasteiger partial charge on any atom is 0.237 e. The molecular weight excluding hydrogens is 352 g/mol. The van der Waals surface area contributed by atoms with E-state index in [1.165, 1.54) is 26.6 Å². The van der Waals surface area contributed by atoms with Crippen LogP contribution in [-0.2, 0) is 4.79 Å². The van der Waals surface area contributed by atoms with Gasteiger partial charge in [-0.25, -0.2) is 0 Å². The summed E-state index contributed by atoms with van der Waals surface area (Å²) in [6.45, 7) is 7.42. The molecule has 3 nitrogen and oxygen atoms in total. The molecule has 0 bridgehead atoms. The van der Waals surface area contributed by atoms with Crippen molar-refractivity contribution in [3.05, 3.63) is 53.6 Å². The third kappa shape index (κ3) is 4.31. The summed E-state index contributed by atoms with van der Waals surface area (Å²) in [6, 6.07) is 15.1. The molecule has 2 aromatic rings. The van der Waals surface area contributed by atoms with Crippen LogP contribution >= 0.6 is 23.4 Å². The SMILES string of the molecule is Cc1ccc(Sc2ccccc2N2CCN(C(=O)CCl)CC2)c(C)c1. The fourth-order valence-corrected chi connectivity index (χ4v) is 4.33. The predicted octanol–water partition coefficient (Wildman–Crippen LogP) is 4.34. The number of para-hydroxylation sites is 1. The molecule has 1 fully saturated rings. The van der Waals surface area contributed by atoms with Gasteiger partial charge in [0.2, 0.25) is 5.91 Å². The van der Waals surface area contributed by atoms with Crippen LogP contribution in [0.5, 0.6) is 0 Å². The van der Waals surface area contributed by atoms with E-state index in [1.54, 1.807) is 0 Å². The summed E-state index contributed by atoms with van der Waals surface area (Å²) < 4.78 is 0. The van der Waals surface area contributed by atoms with Gasteiger partial charge >= 0.3 is 0 Å². The molecule has 0 aliphatic carbocycles. The molecule has 132 valence electrons. The molecule has 1 heterocycles. The van der Waals surface area contributed by atoms with Gasteiger partial charge in [-0.15, -0.1) is 11.6 Å². The molecule has 25 heavy (non-hydrogen) atoms. The second kappa shape index (κ2) is 8.15. The largest absolute Gasteiger partial charge is 0.367 e. The van der Waals surface area contributed by atoms with Crippen LogP contribution in [0.2, 0.25) is 0 Å². The van der Waals surface area contributed by atoms with E-state index in [1.807, 2.05) is 16.7 Å². The summed E-state index contributed by atoms with van der Waals surface area (Å²) in [5.41, 5.74) is 3.83. The van der Waals surface area contributed by atoms with Crippen LogP contribution in [0.3, 0.4) is 0 Å². The molecular formula is C20H23ClN2OS. The molecule has 2 aromatic carbocycles. The molecule has 1 saturated heterocycles. The maximum absolute atomic E-state index is 11.8. The standard InChI is InChI=1S/C20H23ClN2OS/c1-15-7-8-18(16(2)13-15)25-19-6-4-3-5-17(19)22-9-11-23(12-10-22)20(24)14-21/h3-8,13H,9-12,14H2,1-2H3. The Balaban J connectivity index is 1.77. The van der Waals surface area contributed by atoms with E-state index < -0.39 is 0 Å². The number of anilines is 1. The number of rotatable bonds is 4. The first-order valence-electron chi connectivity index (χ1n) is 8.51. The number of halogens is 1. The highest BCUT2D eigenvalue weighted by molar-refractivity contribution is 7.99. The van der Waals surface area contributed by atoms with Crippen molar-refractivity contribution in [1.29, 1.82) is 0 Å². The Bertz CT molecular complexity index is 757. The lowest BCUT2D eigenvalue weighted by atomic mass is 10.2. The zero-order valence-electron chi connectivity index (χ0n) is 14.7. The Kier molecular flexibility index (Phi) is 5.92. The zero-order valence-corrected chi connectivity index (χ0v) is 16.2. The van der Waals surface area contributed by atoms with Crippen LogP contribution in [0.1, 0.15) is 11.1 Å². The van der Waals surface area contributed by atoms with Crippen LogP contribution < -0.4 is 4.90 Å². The Labute approximate surface area is 159 Å². The monoisotopic (exact) mass is 374 g/mol. The lowest BCUT2D eigenvalue weighted by Gasteiger charge is -2.36. The smallest absolute Gasteiger partial charge is 0.237 e. The first-order valence-corrected chi connectivity index (χ1v) is 9.86. The predicted molar refractivity (Wildman–Crippen MR) is 106 cm³/mol. The molecule has 0 aromatic heterocycles. The number of benzene rings is 2. The second-order valence-corrected chi connectivity index (χ2v) is 7.69. The van der Waals surface area contributed by atoms with Gasteiger partial charge in [0.25, 0.3) is 0 Å². The molecule has 1 aliphatic rings. The van der Waals surface area contributed by atoms with Crippen molar-refractivity contribution in [3.63, 3.8) is 0 Å². The van der Waals surface area contributed by atoms with Gasteiger partial charge in [0.15, 0.2) is 0 Å². The number of piperazine rings is 1. The first-order chi connectivity index (χ1) is 12.1. The lowest BCUT2D eigenvalue weighted by Crippen LogP contribution is -2.49. The van der Waals surface area contributed by atoms with Gasteiger partial charge < -0.3 is 9.80 Å². The van der Waals surface area contributed by atoms with E-state index in [4.69, 9.17) is 11.6 Å². The molecule has 5 heteroatoms. The summed E-state index contributed by atoms with van der Waals surface area (Å²) in [5.74, 6) is 0.0957. The van der Waals surface area contributed by atoms with E-state index >= 15 is 0 Å². The van der Waals surface area contributed by atoms with Crippen molar-refractivity contribution in [2.45, 2.75) is 23.6 Å². The fraction of sp³-hybridized carbons (Fsp3) is 0.350. The van der Waals surface area contributed by atoms with E-state index in [2.05, 4.69) is 61.2 Å². The summed E-state index contributed by atoms with van der Waals surface area (Å²) in [6.07, 6.45) is 0. The van der Waals surface area contributed by atoms with Crippen LogP contribution in [-0.4, -0.2) is 42.9 Å². The van der Waals surface area contributed by atoms with Crippen LogP contribution in [0.4, 0.5) is 5.69 Å². The van der Waals surface area contributed by atoms with Crippen LogP contribution in [0.15, 0.2) is 52.3 Å². The average Bonchev–Trinajstić information content (AvgIpc) is 2.64. The van der Waals surface area contributed by atoms with Gasteiger partial charge in [0, 0.05) is 36.0 Å². The van der Waals surface area contributed by atoms with Gasteiger partial charge in [0.05, 0.1) is 5.69 Å². The van der Waals surface area contributed by atoms with Gasteiger partial charge in [0.1, 0.15) is 5.88 Å². The number of nitrogens with zero attached hydrogens (tertiary/aromatic N) is 2. The van der Waals surface area contributed by atoms with Gasteiger partial charge in [-0.3, -0.25) is 4.79 Å². The number of hydrogen-bond donors (Lipinski definition) is 0. The summed E-state index contributed by atoms with van der Waals surface area (Å²) in [4.78, 5) is 18.5. The minimum absolute atomic E-state index is 0.0271. The number of aryl methyl sites for hydroxylation is 2. The quantitative estimate of drug-likeness (QED) is 0.743. The molecule has 1 aliphatic heterocycles. The lowest BCUT2D eigenvalue weighted by molar-refractivity contribution is -0.128. The normalized spacial score (nSPS) is 14.7. The fourth-order valence-electron chi connectivity index (χ4n) is 3.12. The molecule has 1 amide bonds. The number of amides is 1.